The summed E-state index contributed by atoms with van der Waals surface area (Å²) in [4.78, 5) is 12.5. The van der Waals surface area contributed by atoms with Crippen molar-refractivity contribution in [2.24, 2.45) is 17.8 Å². The fourth-order valence-electron chi connectivity index (χ4n) is 5.83. The van der Waals surface area contributed by atoms with Crippen molar-refractivity contribution in [3.05, 3.63) is 0 Å². The minimum absolute atomic E-state index is 0.0350. The third kappa shape index (κ3) is 3.30. The SMILES string of the molecule is C[C@H](SC12CC3CC(CC(C3)C1)C2)C(=O)N[C@@H]1CCS(=O)(=O)C1. The summed E-state index contributed by atoms with van der Waals surface area (Å²) >= 11 is 1.89. The first-order valence-electron chi connectivity index (χ1n) is 9.01. The van der Waals surface area contributed by atoms with Gasteiger partial charge in [0.15, 0.2) is 9.84 Å². The smallest absolute Gasteiger partial charge is 0.233 e. The summed E-state index contributed by atoms with van der Waals surface area (Å²) < 4.78 is 23.4. The lowest BCUT2D eigenvalue weighted by atomic mass is 9.56. The van der Waals surface area contributed by atoms with E-state index in [0.717, 1.165) is 17.8 Å². The van der Waals surface area contributed by atoms with E-state index in [0.29, 0.717) is 11.2 Å². The summed E-state index contributed by atoms with van der Waals surface area (Å²) in [5.74, 6) is 3.05. The van der Waals surface area contributed by atoms with Crippen molar-refractivity contribution >= 4 is 27.5 Å². The lowest BCUT2D eigenvalue weighted by molar-refractivity contribution is -0.120. The van der Waals surface area contributed by atoms with Crippen LogP contribution in [0.5, 0.6) is 0 Å². The lowest BCUT2D eigenvalue weighted by Gasteiger charge is -2.57. The Labute approximate surface area is 143 Å². The van der Waals surface area contributed by atoms with E-state index >= 15 is 0 Å². The number of rotatable bonds is 4. The molecule has 0 aromatic rings. The molecule has 130 valence electrons. The number of thioether (sulfide) groups is 1. The van der Waals surface area contributed by atoms with Gasteiger partial charge in [0.25, 0.3) is 0 Å². The van der Waals surface area contributed by atoms with Crippen molar-refractivity contribution in [3.63, 3.8) is 0 Å². The zero-order chi connectivity index (χ0) is 16.2. The second kappa shape index (κ2) is 5.65. The molecule has 4 aliphatic carbocycles. The van der Waals surface area contributed by atoms with E-state index in [1.165, 1.54) is 38.5 Å². The molecule has 0 aromatic carbocycles. The number of nitrogens with one attached hydrogen (secondary N) is 1. The highest BCUT2D eigenvalue weighted by Crippen LogP contribution is 2.61. The van der Waals surface area contributed by atoms with Crippen LogP contribution in [0.2, 0.25) is 0 Å². The number of carbonyl (C=O) groups is 1. The summed E-state index contributed by atoms with van der Waals surface area (Å²) in [6, 6.07) is -0.174. The molecule has 5 aliphatic rings. The van der Waals surface area contributed by atoms with E-state index < -0.39 is 9.84 Å². The van der Waals surface area contributed by atoms with Crippen LogP contribution in [0.1, 0.15) is 51.9 Å². The van der Waals surface area contributed by atoms with Crippen LogP contribution in [-0.2, 0) is 14.6 Å². The number of sulfone groups is 1. The molecule has 1 aliphatic heterocycles. The van der Waals surface area contributed by atoms with Crippen LogP contribution in [-0.4, -0.2) is 41.9 Å². The molecule has 1 saturated heterocycles. The number of amides is 1. The maximum atomic E-state index is 12.5. The lowest BCUT2D eigenvalue weighted by Crippen LogP contribution is -2.50. The van der Waals surface area contributed by atoms with Crippen LogP contribution in [0.15, 0.2) is 0 Å². The highest BCUT2D eigenvalue weighted by Gasteiger charge is 2.52. The first-order chi connectivity index (χ1) is 10.8. The van der Waals surface area contributed by atoms with Crippen molar-refractivity contribution in [1.29, 1.82) is 0 Å². The third-order valence-corrected chi connectivity index (χ3v) is 9.69. The van der Waals surface area contributed by atoms with Gasteiger partial charge in [-0.15, -0.1) is 11.8 Å². The van der Waals surface area contributed by atoms with Crippen molar-refractivity contribution in [2.45, 2.75) is 67.9 Å². The summed E-state index contributed by atoms with van der Waals surface area (Å²) in [7, 11) is -2.93. The van der Waals surface area contributed by atoms with Gasteiger partial charge in [-0.2, -0.15) is 0 Å². The topological polar surface area (TPSA) is 63.2 Å². The van der Waals surface area contributed by atoms with E-state index in [1.807, 2.05) is 18.7 Å². The minimum Gasteiger partial charge on any atom is -0.351 e. The summed E-state index contributed by atoms with van der Waals surface area (Å²) in [6.07, 6.45) is 8.70. The summed E-state index contributed by atoms with van der Waals surface area (Å²) in [5.41, 5.74) is 0. The summed E-state index contributed by atoms with van der Waals surface area (Å²) in [5, 5.41) is 2.90. The van der Waals surface area contributed by atoms with Gasteiger partial charge in [-0.3, -0.25) is 4.79 Å². The zero-order valence-electron chi connectivity index (χ0n) is 13.8. The molecule has 1 heterocycles. The van der Waals surface area contributed by atoms with Crippen molar-refractivity contribution in [1.82, 2.24) is 5.32 Å². The van der Waals surface area contributed by atoms with Gasteiger partial charge in [-0.25, -0.2) is 8.42 Å². The third-order valence-electron chi connectivity index (χ3n) is 6.36. The van der Waals surface area contributed by atoms with Gasteiger partial charge in [0.05, 0.1) is 16.8 Å². The number of hydrogen-bond acceptors (Lipinski definition) is 4. The molecule has 4 nitrogen and oxygen atoms in total. The van der Waals surface area contributed by atoms with Crippen LogP contribution in [0.3, 0.4) is 0 Å². The Morgan fingerprint density at radius 1 is 1.13 bits per heavy atom. The highest BCUT2D eigenvalue weighted by atomic mass is 32.2. The average molecular weight is 358 g/mol. The molecule has 0 aromatic heterocycles. The Morgan fingerprint density at radius 2 is 1.70 bits per heavy atom. The molecule has 23 heavy (non-hydrogen) atoms. The van der Waals surface area contributed by atoms with Crippen molar-refractivity contribution in [3.8, 4) is 0 Å². The molecule has 5 rings (SSSR count). The van der Waals surface area contributed by atoms with Gasteiger partial charge in [0, 0.05) is 10.8 Å². The second-order valence-corrected chi connectivity index (χ2v) is 12.5. The standard InChI is InChI=1S/C17H27NO3S2/c1-11(16(19)18-15-2-3-23(20,21)10-15)22-17-7-12-4-13(8-17)6-14(5-12)9-17/h11-15H,2-10H2,1H3,(H,18,19)/t11-,12?,13?,14?,15+,17?/m0/s1. The molecule has 0 radical (unpaired) electrons. The van der Waals surface area contributed by atoms with Crippen LogP contribution in [0, 0.1) is 17.8 Å². The molecule has 5 fully saturated rings. The minimum atomic E-state index is -2.93. The van der Waals surface area contributed by atoms with E-state index in [1.54, 1.807) is 0 Å². The Hall–Kier alpha value is -0.230. The van der Waals surface area contributed by atoms with Gasteiger partial charge in [0.1, 0.15) is 0 Å². The van der Waals surface area contributed by atoms with Crippen LogP contribution < -0.4 is 5.32 Å². The predicted molar refractivity (Wildman–Crippen MR) is 93.2 cm³/mol. The Balaban J connectivity index is 1.36. The predicted octanol–water partition coefficient (Wildman–Crippen LogP) is 2.38. The fraction of sp³-hybridized carbons (Fsp3) is 0.941. The fourth-order valence-corrected chi connectivity index (χ4v) is 9.43. The van der Waals surface area contributed by atoms with Gasteiger partial charge >= 0.3 is 0 Å². The molecule has 2 atom stereocenters. The quantitative estimate of drug-likeness (QED) is 0.839. The van der Waals surface area contributed by atoms with E-state index in [4.69, 9.17) is 0 Å². The first-order valence-corrected chi connectivity index (χ1v) is 11.7. The number of hydrogen-bond donors (Lipinski definition) is 1. The van der Waals surface area contributed by atoms with Crippen molar-refractivity contribution in [2.75, 3.05) is 11.5 Å². The van der Waals surface area contributed by atoms with E-state index in [-0.39, 0.29) is 28.7 Å². The summed E-state index contributed by atoms with van der Waals surface area (Å²) in [6.45, 7) is 2.00. The average Bonchev–Trinajstić information content (AvgIpc) is 2.75. The number of carbonyl (C=O) groups excluding carboxylic acids is 1. The molecule has 1 amide bonds. The van der Waals surface area contributed by atoms with Gasteiger partial charge < -0.3 is 5.32 Å². The molecule has 4 bridgehead atoms. The molecule has 1 N–H and O–H groups in total. The van der Waals surface area contributed by atoms with E-state index in [2.05, 4.69) is 5.32 Å². The van der Waals surface area contributed by atoms with Crippen molar-refractivity contribution < 1.29 is 13.2 Å². The van der Waals surface area contributed by atoms with Gasteiger partial charge in [-0.05, 0) is 69.6 Å². The Morgan fingerprint density at radius 3 is 2.17 bits per heavy atom. The van der Waals surface area contributed by atoms with Gasteiger partial charge in [0.2, 0.25) is 5.91 Å². The maximum absolute atomic E-state index is 12.5. The molecular weight excluding hydrogens is 330 g/mol. The molecule has 0 spiro atoms. The molecule has 4 saturated carbocycles. The Kier molecular flexibility index (Phi) is 3.99. The molecule has 0 unspecified atom stereocenters. The largest absolute Gasteiger partial charge is 0.351 e. The van der Waals surface area contributed by atoms with Gasteiger partial charge in [-0.1, -0.05) is 0 Å². The Bertz CT molecular complexity index is 566. The van der Waals surface area contributed by atoms with E-state index in [9.17, 15) is 13.2 Å². The van der Waals surface area contributed by atoms with Crippen LogP contribution in [0.4, 0.5) is 0 Å². The molecule has 6 heteroatoms. The van der Waals surface area contributed by atoms with Crippen LogP contribution >= 0.6 is 11.8 Å². The first kappa shape index (κ1) is 16.2. The normalized spacial score (nSPS) is 45.1. The maximum Gasteiger partial charge on any atom is 0.233 e. The zero-order valence-corrected chi connectivity index (χ0v) is 15.4. The van der Waals surface area contributed by atoms with Crippen LogP contribution in [0.25, 0.3) is 0 Å². The molecular formula is C17H27NO3S2. The second-order valence-electron chi connectivity index (χ2n) is 8.47. The monoisotopic (exact) mass is 357 g/mol. The highest BCUT2D eigenvalue weighted by molar-refractivity contribution is 8.01.